The van der Waals surface area contributed by atoms with Gasteiger partial charge in [0.15, 0.2) is 0 Å². The summed E-state index contributed by atoms with van der Waals surface area (Å²) in [5, 5.41) is 0. The predicted molar refractivity (Wildman–Crippen MR) is 67.5 cm³/mol. The number of nitrogen functional groups attached to an aromatic ring is 1. The molecule has 1 amide bonds. The standard InChI is InChI=1S/C13H15F5N2O/c1-8(2)20(7-9-5-3-4-6-10(9)19)11(21)12(14,15)13(16,17)18/h3-6,8H,7,19H2,1-2H3. The lowest BCUT2D eigenvalue weighted by molar-refractivity contribution is -0.275. The molecule has 0 aliphatic heterocycles. The lowest BCUT2D eigenvalue weighted by Gasteiger charge is -2.31. The van der Waals surface area contributed by atoms with Crippen LogP contribution in [0.4, 0.5) is 27.6 Å². The number of nitrogens with two attached hydrogens (primary N) is 1. The molecule has 0 unspecified atom stereocenters. The Hall–Kier alpha value is -1.86. The highest BCUT2D eigenvalue weighted by Gasteiger charge is 2.64. The molecule has 21 heavy (non-hydrogen) atoms. The average Bonchev–Trinajstić information content (AvgIpc) is 2.35. The zero-order valence-electron chi connectivity index (χ0n) is 11.4. The average molecular weight is 310 g/mol. The van der Waals surface area contributed by atoms with E-state index in [1.807, 2.05) is 0 Å². The fourth-order valence-electron chi connectivity index (χ4n) is 1.65. The van der Waals surface area contributed by atoms with E-state index in [2.05, 4.69) is 0 Å². The molecule has 0 atom stereocenters. The van der Waals surface area contributed by atoms with Crippen LogP contribution in [0.25, 0.3) is 0 Å². The molecule has 0 aliphatic rings. The maximum absolute atomic E-state index is 13.2. The van der Waals surface area contributed by atoms with Crippen LogP contribution in [-0.2, 0) is 11.3 Å². The highest BCUT2D eigenvalue weighted by molar-refractivity contribution is 5.84. The van der Waals surface area contributed by atoms with E-state index in [-0.39, 0.29) is 5.69 Å². The molecule has 0 aliphatic carbocycles. The molecule has 0 fully saturated rings. The van der Waals surface area contributed by atoms with Gasteiger partial charge in [0.25, 0.3) is 0 Å². The summed E-state index contributed by atoms with van der Waals surface area (Å²) >= 11 is 0. The number of hydrogen-bond acceptors (Lipinski definition) is 2. The number of carbonyl (C=O) groups excluding carboxylic acids is 1. The third-order valence-corrected chi connectivity index (χ3v) is 2.90. The third-order valence-electron chi connectivity index (χ3n) is 2.90. The first kappa shape index (κ1) is 17.2. The van der Waals surface area contributed by atoms with Gasteiger partial charge in [-0.2, -0.15) is 22.0 Å². The van der Waals surface area contributed by atoms with Crippen LogP contribution in [0.2, 0.25) is 0 Å². The number of para-hydroxylation sites is 1. The smallest absolute Gasteiger partial charge is 0.398 e. The van der Waals surface area contributed by atoms with Gasteiger partial charge in [-0.3, -0.25) is 4.79 Å². The highest BCUT2D eigenvalue weighted by Crippen LogP contribution is 2.37. The summed E-state index contributed by atoms with van der Waals surface area (Å²) in [7, 11) is 0. The lowest BCUT2D eigenvalue weighted by Crippen LogP contribution is -2.53. The highest BCUT2D eigenvalue weighted by atomic mass is 19.4. The van der Waals surface area contributed by atoms with Crippen LogP contribution in [-0.4, -0.2) is 28.9 Å². The van der Waals surface area contributed by atoms with Crippen molar-refractivity contribution in [2.45, 2.75) is 38.5 Å². The Bertz CT molecular complexity index is 514. The van der Waals surface area contributed by atoms with Gasteiger partial charge >= 0.3 is 18.0 Å². The summed E-state index contributed by atoms with van der Waals surface area (Å²) in [5.41, 5.74) is 6.13. The second-order valence-corrected chi connectivity index (χ2v) is 4.80. The zero-order valence-corrected chi connectivity index (χ0v) is 11.4. The maximum Gasteiger partial charge on any atom is 0.463 e. The molecule has 3 nitrogen and oxygen atoms in total. The second-order valence-electron chi connectivity index (χ2n) is 4.80. The van der Waals surface area contributed by atoms with Crippen LogP contribution >= 0.6 is 0 Å². The number of amides is 1. The minimum atomic E-state index is -5.93. The van der Waals surface area contributed by atoms with Gasteiger partial charge < -0.3 is 10.6 Å². The molecule has 0 saturated heterocycles. The molecule has 1 aromatic carbocycles. The Kier molecular flexibility index (Phi) is 4.80. The minimum Gasteiger partial charge on any atom is -0.398 e. The van der Waals surface area contributed by atoms with Gasteiger partial charge in [-0.15, -0.1) is 0 Å². The van der Waals surface area contributed by atoms with E-state index in [0.717, 1.165) is 0 Å². The molecule has 0 radical (unpaired) electrons. The molecule has 2 N–H and O–H groups in total. The van der Waals surface area contributed by atoms with Crippen molar-refractivity contribution >= 4 is 11.6 Å². The first-order valence-electron chi connectivity index (χ1n) is 6.07. The summed E-state index contributed by atoms with van der Waals surface area (Å²) in [6.45, 7) is 2.28. The first-order chi connectivity index (χ1) is 9.48. The monoisotopic (exact) mass is 310 g/mol. The Morgan fingerprint density at radius 3 is 2.14 bits per heavy atom. The molecule has 0 saturated carbocycles. The van der Waals surface area contributed by atoms with Gasteiger partial charge in [-0.05, 0) is 25.5 Å². The molecule has 8 heteroatoms. The lowest BCUT2D eigenvalue weighted by atomic mass is 10.1. The van der Waals surface area contributed by atoms with E-state index in [9.17, 15) is 26.7 Å². The van der Waals surface area contributed by atoms with Crippen LogP contribution in [0.15, 0.2) is 24.3 Å². The number of anilines is 1. The van der Waals surface area contributed by atoms with E-state index in [1.54, 1.807) is 12.1 Å². The quantitative estimate of drug-likeness (QED) is 0.686. The SMILES string of the molecule is CC(C)N(Cc1ccccc1N)C(=O)C(F)(F)C(F)(F)F. The summed E-state index contributed by atoms with van der Waals surface area (Å²) in [4.78, 5) is 12.0. The molecule has 0 spiro atoms. The maximum atomic E-state index is 13.2. The normalized spacial score (nSPS) is 12.6. The van der Waals surface area contributed by atoms with Crippen molar-refractivity contribution in [2.75, 3.05) is 5.73 Å². The molecular weight excluding hydrogens is 295 g/mol. The zero-order chi connectivity index (χ0) is 16.4. The minimum absolute atomic E-state index is 0.214. The predicted octanol–water partition coefficient (Wildman–Crippen LogP) is 3.20. The van der Waals surface area contributed by atoms with E-state index in [4.69, 9.17) is 5.73 Å². The number of hydrogen-bond donors (Lipinski definition) is 1. The van der Waals surface area contributed by atoms with Crippen LogP contribution in [0.5, 0.6) is 0 Å². The Morgan fingerprint density at radius 1 is 1.19 bits per heavy atom. The molecule has 1 aromatic rings. The van der Waals surface area contributed by atoms with E-state index < -0.39 is 30.6 Å². The van der Waals surface area contributed by atoms with E-state index >= 15 is 0 Å². The molecule has 0 heterocycles. The Balaban J connectivity index is 3.09. The van der Waals surface area contributed by atoms with Crippen LogP contribution < -0.4 is 5.73 Å². The second kappa shape index (κ2) is 5.87. The summed E-state index contributed by atoms with van der Waals surface area (Å²) in [5.74, 6) is -7.71. The number of benzene rings is 1. The van der Waals surface area contributed by atoms with Gasteiger partial charge in [-0.1, -0.05) is 18.2 Å². The third kappa shape index (κ3) is 3.62. The number of rotatable bonds is 4. The van der Waals surface area contributed by atoms with Crippen LogP contribution in [0.3, 0.4) is 0 Å². The van der Waals surface area contributed by atoms with Crippen molar-refractivity contribution in [2.24, 2.45) is 0 Å². The Morgan fingerprint density at radius 2 is 1.71 bits per heavy atom. The molecular formula is C13H15F5N2O. The topological polar surface area (TPSA) is 46.3 Å². The fraction of sp³-hybridized carbons (Fsp3) is 0.462. The van der Waals surface area contributed by atoms with Crippen molar-refractivity contribution in [3.05, 3.63) is 29.8 Å². The molecule has 118 valence electrons. The van der Waals surface area contributed by atoms with Crippen molar-refractivity contribution < 1.29 is 26.7 Å². The van der Waals surface area contributed by atoms with Crippen molar-refractivity contribution in [3.63, 3.8) is 0 Å². The number of carbonyl (C=O) groups is 1. The molecule has 1 rings (SSSR count). The van der Waals surface area contributed by atoms with Gasteiger partial charge in [0.2, 0.25) is 0 Å². The Labute approximate surface area is 118 Å². The summed E-state index contributed by atoms with van der Waals surface area (Å²) in [6.07, 6.45) is -5.93. The molecule has 0 aromatic heterocycles. The van der Waals surface area contributed by atoms with Crippen LogP contribution in [0, 0.1) is 0 Å². The number of nitrogens with zero attached hydrogens (tertiary/aromatic N) is 1. The van der Waals surface area contributed by atoms with Crippen molar-refractivity contribution in [1.82, 2.24) is 4.90 Å². The van der Waals surface area contributed by atoms with Crippen molar-refractivity contribution in [1.29, 1.82) is 0 Å². The summed E-state index contributed by atoms with van der Waals surface area (Å²) < 4.78 is 63.3. The van der Waals surface area contributed by atoms with E-state index in [0.29, 0.717) is 10.5 Å². The number of halogens is 5. The molecule has 0 bridgehead atoms. The van der Waals surface area contributed by atoms with Gasteiger partial charge in [0.05, 0.1) is 0 Å². The van der Waals surface area contributed by atoms with Crippen molar-refractivity contribution in [3.8, 4) is 0 Å². The van der Waals surface area contributed by atoms with Gasteiger partial charge in [0.1, 0.15) is 0 Å². The van der Waals surface area contributed by atoms with Gasteiger partial charge in [0, 0.05) is 18.3 Å². The van der Waals surface area contributed by atoms with Crippen LogP contribution in [0.1, 0.15) is 19.4 Å². The number of alkyl halides is 5. The van der Waals surface area contributed by atoms with Gasteiger partial charge in [-0.25, -0.2) is 0 Å². The van der Waals surface area contributed by atoms with E-state index in [1.165, 1.54) is 26.0 Å². The fourth-order valence-corrected chi connectivity index (χ4v) is 1.65. The first-order valence-corrected chi connectivity index (χ1v) is 6.07. The largest absolute Gasteiger partial charge is 0.463 e. The summed E-state index contributed by atoms with van der Waals surface area (Å²) in [6, 6.07) is 5.23.